The number of likely N-dealkylation sites (N-methyl/N-ethyl adjacent to an activating group) is 1. The highest BCUT2D eigenvalue weighted by atomic mass is 79.9. The molecule has 7 heteroatoms. The summed E-state index contributed by atoms with van der Waals surface area (Å²) in [5.41, 5.74) is 1.31. The van der Waals surface area contributed by atoms with Gasteiger partial charge in [0.1, 0.15) is 5.70 Å². The molecule has 26 heavy (non-hydrogen) atoms. The van der Waals surface area contributed by atoms with Crippen LogP contribution in [0.2, 0.25) is 0 Å². The highest BCUT2D eigenvalue weighted by Crippen LogP contribution is 2.33. The van der Waals surface area contributed by atoms with E-state index < -0.39 is 0 Å². The molecule has 0 aliphatic carbocycles. The number of halogens is 1. The predicted molar refractivity (Wildman–Crippen MR) is 101 cm³/mol. The van der Waals surface area contributed by atoms with Gasteiger partial charge in [-0.2, -0.15) is 0 Å². The fourth-order valence-corrected chi connectivity index (χ4v) is 2.81. The maximum Gasteiger partial charge on any atom is 0.267 e. The third-order valence-corrected chi connectivity index (χ3v) is 4.12. The van der Waals surface area contributed by atoms with E-state index in [1.807, 2.05) is 13.0 Å². The van der Waals surface area contributed by atoms with Crippen molar-refractivity contribution >= 4 is 33.8 Å². The Morgan fingerprint density at radius 1 is 1.15 bits per heavy atom. The van der Waals surface area contributed by atoms with Gasteiger partial charge in [-0.05, 0) is 48.9 Å². The van der Waals surface area contributed by atoms with Crippen LogP contribution in [-0.4, -0.2) is 25.2 Å². The number of fused-ring (bicyclic) bond motifs is 1. The summed E-state index contributed by atoms with van der Waals surface area (Å²) >= 11 is 3.33. The van der Waals surface area contributed by atoms with E-state index in [0.717, 1.165) is 4.47 Å². The topological polar surface area (TPSA) is 76.7 Å². The summed E-state index contributed by atoms with van der Waals surface area (Å²) < 4.78 is 11.4. The van der Waals surface area contributed by atoms with Crippen molar-refractivity contribution in [2.24, 2.45) is 0 Å². The number of carbonyl (C=O) groups excluding carboxylic acids is 2. The maximum absolute atomic E-state index is 12.5. The quantitative estimate of drug-likeness (QED) is 0.734. The van der Waals surface area contributed by atoms with E-state index in [9.17, 15) is 9.59 Å². The molecule has 0 spiro atoms. The molecule has 6 nitrogen and oxygen atoms in total. The molecule has 1 aliphatic rings. The Balaban J connectivity index is 1.87. The van der Waals surface area contributed by atoms with E-state index in [1.54, 1.807) is 42.5 Å². The van der Waals surface area contributed by atoms with Crippen molar-refractivity contribution in [3.05, 3.63) is 63.8 Å². The van der Waals surface area contributed by atoms with Crippen molar-refractivity contribution in [2.45, 2.75) is 6.92 Å². The van der Waals surface area contributed by atoms with E-state index in [-0.39, 0.29) is 24.3 Å². The van der Waals surface area contributed by atoms with Crippen LogP contribution in [0.1, 0.15) is 22.8 Å². The summed E-state index contributed by atoms with van der Waals surface area (Å²) in [6.45, 7) is 2.43. The normalized spacial score (nSPS) is 12.6. The molecule has 0 aromatic heterocycles. The number of ether oxygens (including phenoxy) is 2. The molecule has 2 N–H and O–H groups in total. The number of benzene rings is 2. The van der Waals surface area contributed by atoms with E-state index in [0.29, 0.717) is 29.2 Å². The number of amides is 2. The fraction of sp³-hybridized carbons (Fsp3) is 0.158. The Bertz CT molecular complexity index is 880. The van der Waals surface area contributed by atoms with Crippen LogP contribution in [-0.2, 0) is 4.79 Å². The second-order valence-electron chi connectivity index (χ2n) is 5.49. The molecule has 1 aliphatic heterocycles. The summed E-state index contributed by atoms with van der Waals surface area (Å²) in [7, 11) is 0. The predicted octanol–water partition coefficient (Wildman–Crippen LogP) is 3.08. The molecule has 0 unspecified atom stereocenters. The summed E-state index contributed by atoms with van der Waals surface area (Å²) in [6.07, 6.45) is 1.60. The Morgan fingerprint density at radius 2 is 1.96 bits per heavy atom. The standard InChI is InChI=1S/C19H17BrN2O4/c1-2-21-19(24)15(22-18(23)13-4-3-5-14(20)10-13)8-12-6-7-16-17(9-12)26-11-25-16/h3-10H,2,11H2,1H3,(H,21,24)(H,22,23)/b15-8-. The van der Waals surface area contributed by atoms with Crippen LogP contribution < -0.4 is 20.1 Å². The molecule has 2 aromatic carbocycles. The molecule has 0 atom stereocenters. The van der Waals surface area contributed by atoms with Crippen LogP contribution in [0, 0.1) is 0 Å². The van der Waals surface area contributed by atoms with Crippen LogP contribution in [0.4, 0.5) is 0 Å². The van der Waals surface area contributed by atoms with Crippen molar-refractivity contribution < 1.29 is 19.1 Å². The van der Waals surface area contributed by atoms with Gasteiger partial charge >= 0.3 is 0 Å². The van der Waals surface area contributed by atoms with Gasteiger partial charge in [-0.3, -0.25) is 9.59 Å². The highest BCUT2D eigenvalue weighted by molar-refractivity contribution is 9.10. The van der Waals surface area contributed by atoms with Crippen LogP contribution in [0.15, 0.2) is 52.6 Å². The Hall–Kier alpha value is -2.80. The highest BCUT2D eigenvalue weighted by Gasteiger charge is 2.16. The zero-order chi connectivity index (χ0) is 18.5. The van der Waals surface area contributed by atoms with Crippen LogP contribution in [0.25, 0.3) is 6.08 Å². The SMILES string of the molecule is CCNC(=O)/C(=C/c1ccc2c(c1)OCO2)NC(=O)c1cccc(Br)c1. The van der Waals surface area contributed by atoms with Gasteiger partial charge < -0.3 is 20.1 Å². The van der Waals surface area contributed by atoms with Crippen molar-refractivity contribution in [1.82, 2.24) is 10.6 Å². The number of carbonyl (C=O) groups is 2. The van der Waals surface area contributed by atoms with Gasteiger partial charge in [-0.25, -0.2) is 0 Å². The first kappa shape index (κ1) is 18.0. The minimum Gasteiger partial charge on any atom is -0.454 e. The first-order valence-corrected chi connectivity index (χ1v) is 8.82. The lowest BCUT2D eigenvalue weighted by Gasteiger charge is -2.10. The van der Waals surface area contributed by atoms with Crippen molar-refractivity contribution in [3.63, 3.8) is 0 Å². The third kappa shape index (κ3) is 4.23. The van der Waals surface area contributed by atoms with E-state index in [2.05, 4.69) is 26.6 Å². The maximum atomic E-state index is 12.5. The number of nitrogens with one attached hydrogen (secondary N) is 2. The molecule has 1 heterocycles. The third-order valence-electron chi connectivity index (χ3n) is 3.62. The largest absolute Gasteiger partial charge is 0.454 e. The average Bonchev–Trinajstić information content (AvgIpc) is 3.09. The Morgan fingerprint density at radius 3 is 2.73 bits per heavy atom. The van der Waals surface area contributed by atoms with Crippen molar-refractivity contribution in [3.8, 4) is 11.5 Å². The van der Waals surface area contributed by atoms with E-state index in [4.69, 9.17) is 9.47 Å². The average molecular weight is 417 g/mol. The van der Waals surface area contributed by atoms with Crippen LogP contribution in [0.5, 0.6) is 11.5 Å². The number of hydrogen-bond acceptors (Lipinski definition) is 4. The van der Waals surface area contributed by atoms with E-state index in [1.165, 1.54) is 0 Å². The first-order chi connectivity index (χ1) is 12.6. The monoisotopic (exact) mass is 416 g/mol. The second-order valence-corrected chi connectivity index (χ2v) is 6.41. The zero-order valence-electron chi connectivity index (χ0n) is 14.0. The molecule has 0 radical (unpaired) electrons. The minimum absolute atomic E-state index is 0.149. The Labute approximate surface area is 159 Å². The van der Waals surface area contributed by atoms with Gasteiger partial charge in [0, 0.05) is 16.6 Å². The second kappa shape index (κ2) is 8.05. The molecular formula is C19H17BrN2O4. The van der Waals surface area contributed by atoms with Gasteiger partial charge in [0.05, 0.1) is 0 Å². The smallest absolute Gasteiger partial charge is 0.267 e. The molecular weight excluding hydrogens is 400 g/mol. The van der Waals surface area contributed by atoms with Gasteiger partial charge in [0.25, 0.3) is 11.8 Å². The molecule has 3 rings (SSSR count). The summed E-state index contributed by atoms with van der Waals surface area (Å²) in [6, 6.07) is 12.3. The van der Waals surface area contributed by atoms with Gasteiger partial charge in [0.2, 0.25) is 6.79 Å². The zero-order valence-corrected chi connectivity index (χ0v) is 15.6. The van der Waals surface area contributed by atoms with Gasteiger partial charge in [-0.15, -0.1) is 0 Å². The summed E-state index contributed by atoms with van der Waals surface area (Å²) in [5, 5.41) is 5.38. The first-order valence-electron chi connectivity index (χ1n) is 8.03. The van der Waals surface area contributed by atoms with Crippen LogP contribution in [0.3, 0.4) is 0 Å². The lowest BCUT2D eigenvalue weighted by molar-refractivity contribution is -0.117. The van der Waals surface area contributed by atoms with Crippen molar-refractivity contribution in [2.75, 3.05) is 13.3 Å². The summed E-state index contributed by atoms with van der Waals surface area (Å²) in [5.74, 6) is 0.519. The number of hydrogen-bond donors (Lipinski definition) is 2. The molecule has 2 aromatic rings. The Kier molecular flexibility index (Phi) is 5.58. The number of rotatable bonds is 5. The molecule has 134 valence electrons. The fourth-order valence-electron chi connectivity index (χ4n) is 2.41. The van der Waals surface area contributed by atoms with Crippen molar-refractivity contribution in [1.29, 1.82) is 0 Å². The van der Waals surface area contributed by atoms with E-state index >= 15 is 0 Å². The van der Waals surface area contributed by atoms with Crippen LogP contribution >= 0.6 is 15.9 Å². The summed E-state index contributed by atoms with van der Waals surface area (Å²) in [4.78, 5) is 24.9. The minimum atomic E-state index is -0.371. The van der Waals surface area contributed by atoms with Gasteiger partial charge in [-0.1, -0.05) is 28.1 Å². The molecule has 2 amide bonds. The van der Waals surface area contributed by atoms with Gasteiger partial charge in [0.15, 0.2) is 11.5 Å². The molecule has 0 fully saturated rings. The molecule has 0 saturated carbocycles. The molecule has 0 bridgehead atoms. The lowest BCUT2D eigenvalue weighted by atomic mass is 10.1. The lowest BCUT2D eigenvalue weighted by Crippen LogP contribution is -2.34. The molecule has 0 saturated heterocycles.